The molecule has 4 aromatic rings. The molecule has 0 aliphatic carbocycles. The number of aromatic amines is 1. The predicted molar refractivity (Wildman–Crippen MR) is 120 cm³/mol. The second kappa shape index (κ2) is 7.03. The predicted octanol–water partition coefficient (Wildman–Crippen LogP) is 4.01. The molecular formula is C23H19F2N3O3S. The van der Waals surface area contributed by atoms with Crippen LogP contribution in [-0.2, 0) is 29.2 Å². The number of rotatable bonds is 3. The van der Waals surface area contributed by atoms with Gasteiger partial charge >= 0.3 is 0 Å². The number of nitrogens with one attached hydrogen (secondary N) is 1. The van der Waals surface area contributed by atoms with Crippen LogP contribution in [-0.4, -0.2) is 24.2 Å². The summed E-state index contributed by atoms with van der Waals surface area (Å²) in [7, 11) is -1.64. The van der Waals surface area contributed by atoms with E-state index in [1.807, 2.05) is 0 Å². The number of hydrogen-bond acceptors (Lipinski definition) is 4. The Balaban J connectivity index is 1.84. The minimum absolute atomic E-state index is 0.153. The summed E-state index contributed by atoms with van der Waals surface area (Å²) in [6.45, 7) is 0.237. The monoisotopic (exact) mass is 455 g/mol. The maximum absolute atomic E-state index is 14.8. The highest BCUT2D eigenvalue weighted by Gasteiger charge is 2.27. The van der Waals surface area contributed by atoms with Gasteiger partial charge in [-0.2, -0.15) is 0 Å². The van der Waals surface area contributed by atoms with Crippen LogP contribution >= 0.6 is 0 Å². The second-order valence-corrected chi connectivity index (χ2v) is 10.3. The van der Waals surface area contributed by atoms with E-state index >= 15 is 0 Å². The maximum atomic E-state index is 14.8. The van der Waals surface area contributed by atoms with Crippen molar-refractivity contribution in [3.63, 3.8) is 0 Å². The van der Waals surface area contributed by atoms with Gasteiger partial charge in [0.25, 0.3) is 5.56 Å². The van der Waals surface area contributed by atoms with Crippen molar-refractivity contribution in [3.05, 3.63) is 81.9 Å². The van der Waals surface area contributed by atoms with Gasteiger partial charge in [0, 0.05) is 54.0 Å². The zero-order chi connectivity index (χ0) is 22.8. The molecular weight excluding hydrogens is 436 g/mol. The van der Waals surface area contributed by atoms with E-state index in [0.717, 1.165) is 23.4 Å². The summed E-state index contributed by atoms with van der Waals surface area (Å²) >= 11 is 0. The zero-order valence-electron chi connectivity index (χ0n) is 17.3. The molecule has 0 spiro atoms. The minimum atomic E-state index is -3.28. The molecule has 0 saturated carbocycles. The van der Waals surface area contributed by atoms with E-state index in [1.54, 1.807) is 42.5 Å². The summed E-state index contributed by atoms with van der Waals surface area (Å²) in [6.07, 6.45) is 4.58. The lowest BCUT2D eigenvalue weighted by molar-refractivity contribution is 0.582. The summed E-state index contributed by atoms with van der Waals surface area (Å²) in [5.74, 6) is -1.55. The van der Waals surface area contributed by atoms with Crippen LogP contribution in [0.25, 0.3) is 22.0 Å². The summed E-state index contributed by atoms with van der Waals surface area (Å²) < 4.78 is 53.7. The minimum Gasteiger partial charge on any atom is -0.356 e. The van der Waals surface area contributed by atoms with Gasteiger partial charge in [-0.15, -0.1) is 0 Å². The Bertz CT molecular complexity index is 1570. The molecule has 1 N–H and O–H groups in total. The first kappa shape index (κ1) is 20.4. The molecule has 9 heteroatoms. The molecule has 0 amide bonds. The molecule has 3 heterocycles. The van der Waals surface area contributed by atoms with Crippen LogP contribution < -0.4 is 10.5 Å². The molecule has 6 nitrogen and oxygen atoms in total. The molecule has 2 aromatic heterocycles. The first-order chi connectivity index (χ1) is 15.1. The summed E-state index contributed by atoms with van der Waals surface area (Å²) in [6, 6.07) is 8.58. The number of anilines is 2. The van der Waals surface area contributed by atoms with Gasteiger partial charge in [-0.1, -0.05) is 6.07 Å². The van der Waals surface area contributed by atoms with Crippen LogP contribution in [0.5, 0.6) is 0 Å². The average molecular weight is 455 g/mol. The third-order valence-electron chi connectivity index (χ3n) is 5.69. The van der Waals surface area contributed by atoms with Crippen molar-refractivity contribution >= 4 is 32.1 Å². The van der Waals surface area contributed by atoms with Crippen molar-refractivity contribution in [1.29, 1.82) is 0 Å². The van der Waals surface area contributed by atoms with Crippen molar-refractivity contribution < 1.29 is 17.2 Å². The van der Waals surface area contributed by atoms with E-state index < -0.39 is 21.5 Å². The number of nitrogens with zero attached hydrogens (tertiary/aromatic N) is 2. The SMILES string of the molecule is Cn1cc2c3c(c[nH]c3c1=O)CN(c1ccc(F)cc1F)c1ccc(CS(C)(=O)=O)cc1-2. The number of hydrogen-bond donors (Lipinski definition) is 1. The van der Waals surface area contributed by atoms with E-state index in [9.17, 15) is 22.0 Å². The van der Waals surface area contributed by atoms with E-state index in [2.05, 4.69) is 4.98 Å². The normalized spacial score (nSPS) is 13.3. The quantitative estimate of drug-likeness (QED) is 0.507. The van der Waals surface area contributed by atoms with Crippen LogP contribution in [0.1, 0.15) is 11.1 Å². The number of fused-ring (bicyclic) bond motifs is 2. The number of pyridine rings is 1. The lowest BCUT2D eigenvalue weighted by Gasteiger charge is -2.26. The van der Waals surface area contributed by atoms with Crippen LogP contribution in [0, 0.1) is 11.6 Å². The van der Waals surface area contributed by atoms with Gasteiger partial charge in [0.05, 0.1) is 18.0 Å². The Hall–Kier alpha value is -3.46. The third-order valence-corrected chi connectivity index (χ3v) is 6.55. The Morgan fingerprint density at radius 3 is 2.53 bits per heavy atom. The maximum Gasteiger partial charge on any atom is 0.274 e. The molecule has 32 heavy (non-hydrogen) atoms. The largest absolute Gasteiger partial charge is 0.356 e. The van der Waals surface area contributed by atoms with Crippen molar-refractivity contribution in [1.82, 2.24) is 9.55 Å². The molecule has 0 unspecified atom stereocenters. The molecule has 1 aliphatic heterocycles. The summed E-state index contributed by atoms with van der Waals surface area (Å²) in [5, 5.41) is 0.705. The molecule has 0 fully saturated rings. The number of H-pyrrole nitrogens is 1. The Morgan fingerprint density at radius 1 is 1.06 bits per heavy atom. The summed E-state index contributed by atoms with van der Waals surface area (Å²) in [4.78, 5) is 17.4. The van der Waals surface area contributed by atoms with Crippen LogP contribution in [0.4, 0.5) is 20.2 Å². The van der Waals surface area contributed by atoms with Gasteiger partial charge in [0.2, 0.25) is 0 Å². The topological polar surface area (TPSA) is 75.2 Å². The molecule has 0 radical (unpaired) electrons. The van der Waals surface area contributed by atoms with Gasteiger partial charge in [-0.3, -0.25) is 4.79 Å². The van der Waals surface area contributed by atoms with Crippen LogP contribution in [0.2, 0.25) is 0 Å². The van der Waals surface area contributed by atoms with Gasteiger partial charge in [-0.25, -0.2) is 17.2 Å². The van der Waals surface area contributed by atoms with Gasteiger partial charge < -0.3 is 14.5 Å². The molecule has 5 rings (SSSR count). The fourth-order valence-corrected chi connectivity index (χ4v) is 5.15. The molecule has 0 saturated heterocycles. The molecule has 1 aliphatic rings. The van der Waals surface area contributed by atoms with E-state index in [-0.39, 0.29) is 23.5 Å². The Morgan fingerprint density at radius 2 is 1.81 bits per heavy atom. The summed E-state index contributed by atoms with van der Waals surface area (Å²) in [5.41, 5.74) is 3.76. The van der Waals surface area contributed by atoms with E-state index in [0.29, 0.717) is 27.7 Å². The second-order valence-electron chi connectivity index (χ2n) is 8.13. The fourth-order valence-electron chi connectivity index (χ4n) is 4.36. The first-order valence-electron chi connectivity index (χ1n) is 9.85. The van der Waals surface area contributed by atoms with E-state index in [1.165, 1.54) is 16.7 Å². The molecule has 2 aromatic carbocycles. The number of halogens is 2. The Labute approximate surface area is 182 Å². The smallest absolute Gasteiger partial charge is 0.274 e. The van der Waals surface area contributed by atoms with Crippen LogP contribution in [0.15, 0.2) is 53.6 Å². The van der Waals surface area contributed by atoms with Gasteiger partial charge in [-0.05, 0) is 35.4 Å². The molecule has 0 atom stereocenters. The van der Waals surface area contributed by atoms with Gasteiger partial charge in [0.1, 0.15) is 17.2 Å². The lowest BCUT2D eigenvalue weighted by Crippen LogP contribution is -2.18. The highest BCUT2D eigenvalue weighted by atomic mass is 32.2. The van der Waals surface area contributed by atoms with Crippen molar-refractivity contribution in [2.45, 2.75) is 12.3 Å². The van der Waals surface area contributed by atoms with Crippen molar-refractivity contribution in [2.75, 3.05) is 11.2 Å². The zero-order valence-corrected chi connectivity index (χ0v) is 18.1. The number of aromatic nitrogens is 2. The molecule has 0 bridgehead atoms. The number of benzene rings is 2. The van der Waals surface area contributed by atoms with Crippen molar-refractivity contribution in [2.24, 2.45) is 7.05 Å². The number of sulfone groups is 1. The van der Waals surface area contributed by atoms with Gasteiger partial charge in [0.15, 0.2) is 9.84 Å². The first-order valence-corrected chi connectivity index (χ1v) is 11.9. The van der Waals surface area contributed by atoms with Crippen LogP contribution in [0.3, 0.4) is 0 Å². The van der Waals surface area contributed by atoms with Crippen molar-refractivity contribution in [3.8, 4) is 11.1 Å². The third kappa shape index (κ3) is 3.29. The fraction of sp³-hybridized carbons (Fsp3) is 0.174. The highest BCUT2D eigenvalue weighted by molar-refractivity contribution is 7.89. The highest BCUT2D eigenvalue weighted by Crippen LogP contribution is 2.44. The average Bonchev–Trinajstić information content (AvgIpc) is 3.07. The lowest BCUT2D eigenvalue weighted by atomic mass is 9.99. The standard InChI is InChI=1S/C23H19F2N3O3S/c1-27-11-17-16-7-13(12-32(2,30)31)3-5-19(16)28(20-6-4-15(24)8-18(20)25)10-14-9-26-22(21(14)17)23(27)29/h3-9,11,26H,10,12H2,1-2H3. The Kier molecular flexibility index (Phi) is 4.49. The molecule has 164 valence electrons. The number of aryl methyl sites for hydroxylation is 1. The van der Waals surface area contributed by atoms with E-state index in [4.69, 9.17) is 0 Å².